The zero-order valence-electron chi connectivity index (χ0n) is 14.3. The predicted octanol–water partition coefficient (Wildman–Crippen LogP) is 1.84. The number of aliphatic hydroxyl groups excluding tert-OH is 1. The first kappa shape index (κ1) is 16.6. The van der Waals surface area contributed by atoms with E-state index in [2.05, 4.69) is 11.0 Å². The van der Waals surface area contributed by atoms with Gasteiger partial charge in [-0.2, -0.15) is 0 Å². The average Bonchev–Trinajstić information content (AvgIpc) is 2.94. The second-order valence-electron chi connectivity index (χ2n) is 6.80. The Balaban J connectivity index is 1.79. The number of aliphatic hydroxyl groups is 1. The van der Waals surface area contributed by atoms with Gasteiger partial charge in [-0.25, -0.2) is 0 Å². The molecule has 5 nitrogen and oxygen atoms in total. The van der Waals surface area contributed by atoms with Crippen molar-refractivity contribution in [1.29, 1.82) is 0 Å². The van der Waals surface area contributed by atoms with Gasteiger partial charge in [0.15, 0.2) is 0 Å². The van der Waals surface area contributed by atoms with Crippen LogP contribution in [0.3, 0.4) is 0 Å². The van der Waals surface area contributed by atoms with E-state index in [1.807, 2.05) is 13.0 Å². The Morgan fingerprint density at radius 3 is 2.83 bits per heavy atom. The number of ether oxygens (including phenoxy) is 3. The maximum absolute atomic E-state index is 9.93. The number of benzene rings is 1. The summed E-state index contributed by atoms with van der Waals surface area (Å²) in [6.45, 7) is 6.50. The van der Waals surface area contributed by atoms with E-state index < -0.39 is 0 Å². The maximum Gasteiger partial charge on any atom is 0.129 e. The molecule has 0 amide bonds. The van der Waals surface area contributed by atoms with E-state index in [1.165, 1.54) is 5.56 Å². The Morgan fingerprint density at radius 2 is 2.17 bits per heavy atom. The van der Waals surface area contributed by atoms with Crippen LogP contribution in [0, 0.1) is 18.3 Å². The molecule has 0 aliphatic carbocycles. The smallest absolute Gasteiger partial charge is 0.129 e. The second-order valence-corrected chi connectivity index (χ2v) is 6.80. The Morgan fingerprint density at radius 1 is 1.35 bits per heavy atom. The van der Waals surface area contributed by atoms with Gasteiger partial charge >= 0.3 is 0 Å². The SMILES string of the molecule is COc1ccc(CN2C[C@@H]3COCC[C@]3(CO)C2)c(OC)c1C. The van der Waals surface area contributed by atoms with Crippen LogP contribution < -0.4 is 9.47 Å². The van der Waals surface area contributed by atoms with Crippen LogP contribution in [0.1, 0.15) is 17.5 Å². The standard InChI is InChI=1S/C18H27NO4/c1-13-16(21-2)5-4-14(17(13)22-3)8-19-9-15-10-23-7-6-18(15,11-19)12-20/h4-5,15,20H,6-12H2,1-3H3/t15-,18-/m1/s1. The molecule has 5 heteroatoms. The lowest BCUT2D eigenvalue weighted by atomic mass is 9.75. The van der Waals surface area contributed by atoms with Crippen molar-refractivity contribution in [3.8, 4) is 11.5 Å². The molecule has 2 saturated heterocycles. The van der Waals surface area contributed by atoms with Gasteiger partial charge in [-0.3, -0.25) is 4.90 Å². The molecule has 1 aromatic rings. The van der Waals surface area contributed by atoms with Crippen LogP contribution in [0.15, 0.2) is 12.1 Å². The van der Waals surface area contributed by atoms with Crippen LogP contribution in [0.4, 0.5) is 0 Å². The molecule has 0 radical (unpaired) electrons. The normalized spacial score (nSPS) is 27.7. The molecule has 2 aliphatic heterocycles. The van der Waals surface area contributed by atoms with Gasteiger partial charge in [0.1, 0.15) is 11.5 Å². The molecule has 2 fully saturated rings. The quantitative estimate of drug-likeness (QED) is 0.897. The molecule has 0 saturated carbocycles. The van der Waals surface area contributed by atoms with Gasteiger partial charge in [0.2, 0.25) is 0 Å². The Labute approximate surface area is 138 Å². The van der Waals surface area contributed by atoms with Crippen LogP contribution in [0.25, 0.3) is 0 Å². The van der Waals surface area contributed by atoms with E-state index in [0.717, 1.165) is 56.3 Å². The molecule has 1 N–H and O–H groups in total. The van der Waals surface area contributed by atoms with Gasteiger partial charge in [-0.05, 0) is 19.4 Å². The van der Waals surface area contributed by atoms with Crippen molar-refractivity contribution in [2.75, 3.05) is 47.1 Å². The first-order valence-electron chi connectivity index (χ1n) is 8.25. The number of hydrogen-bond donors (Lipinski definition) is 1. The summed E-state index contributed by atoms with van der Waals surface area (Å²) in [6, 6.07) is 4.08. The zero-order chi connectivity index (χ0) is 16.4. The van der Waals surface area contributed by atoms with Crippen LogP contribution in [0.5, 0.6) is 11.5 Å². The lowest BCUT2D eigenvalue weighted by Gasteiger charge is -2.36. The summed E-state index contributed by atoms with van der Waals surface area (Å²) in [7, 11) is 3.38. The molecule has 0 aromatic heterocycles. The maximum atomic E-state index is 9.93. The molecule has 128 valence electrons. The fraction of sp³-hybridized carbons (Fsp3) is 0.667. The second kappa shape index (κ2) is 6.67. The first-order chi connectivity index (χ1) is 11.1. The van der Waals surface area contributed by atoms with E-state index in [9.17, 15) is 5.11 Å². The van der Waals surface area contributed by atoms with E-state index in [1.54, 1.807) is 14.2 Å². The Bertz CT molecular complexity index is 562. The van der Waals surface area contributed by atoms with Crippen molar-refractivity contribution in [3.63, 3.8) is 0 Å². The average molecular weight is 321 g/mol. The molecule has 1 aromatic carbocycles. The molecule has 23 heavy (non-hydrogen) atoms. The topological polar surface area (TPSA) is 51.2 Å². The molecule has 0 bridgehead atoms. The molecule has 2 aliphatic rings. The lowest BCUT2D eigenvalue weighted by molar-refractivity contribution is -0.0417. The highest BCUT2D eigenvalue weighted by Gasteiger charge is 2.47. The van der Waals surface area contributed by atoms with Crippen molar-refractivity contribution in [1.82, 2.24) is 4.90 Å². The van der Waals surface area contributed by atoms with Crippen molar-refractivity contribution in [2.45, 2.75) is 19.9 Å². The van der Waals surface area contributed by atoms with Crippen molar-refractivity contribution >= 4 is 0 Å². The molecule has 3 rings (SSSR count). The Hall–Kier alpha value is -1.30. The Kier molecular flexibility index (Phi) is 4.80. The summed E-state index contributed by atoms with van der Waals surface area (Å²) in [5.41, 5.74) is 2.20. The number of methoxy groups -OCH3 is 2. The molecular formula is C18H27NO4. The largest absolute Gasteiger partial charge is 0.496 e. The highest BCUT2D eigenvalue weighted by molar-refractivity contribution is 5.49. The lowest BCUT2D eigenvalue weighted by Crippen LogP contribution is -2.41. The third-order valence-electron chi connectivity index (χ3n) is 5.52. The summed E-state index contributed by atoms with van der Waals surface area (Å²) in [4.78, 5) is 2.42. The summed E-state index contributed by atoms with van der Waals surface area (Å²) in [5.74, 6) is 2.17. The minimum absolute atomic E-state index is 0.00694. The van der Waals surface area contributed by atoms with Gasteiger partial charge in [0.05, 0.1) is 27.4 Å². The van der Waals surface area contributed by atoms with Gasteiger partial charge in [-0.1, -0.05) is 6.07 Å². The third-order valence-corrected chi connectivity index (χ3v) is 5.52. The van der Waals surface area contributed by atoms with E-state index in [0.29, 0.717) is 5.92 Å². The highest BCUT2D eigenvalue weighted by Crippen LogP contribution is 2.43. The first-order valence-corrected chi connectivity index (χ1v) is 8.25. The third kappa shape index (κ3) is 2.93. The van der Waals surface area contributed by atoms with E-state index in [4.69, 9.17) is 14.2 Å². The molecule has 0 unspecified atom stereocenters. The molecule has 2 heterocycles. The fourth-order valence-corrected chi connectivity index (χ4v) is 4.14. The van der Waals surface area contributed by atoms with Gasteiger partial charge in [0.25, 0.3) is 0 Å². The number of rotatable bonds is 5. The van der Waals surface area contributed by atoms with Crippen molar-refractivity contribution < 1.29 is 19.3 Å². The van der Waals surface area contributed by atoms with Crippen LogP contribution in [-0.4, -0.2) is 57.1 Å². The number of fused-ring (bicyclic) bond motifs is 1. The number of nitrogens with zero attached hydrogens (tertiary/aromatic N) is 1. The molecule has 2 atom stereocenters. The monoisotopic (exact) mass is 321 g/mol. The van der Waals surface area contributed by atoms with Crippen LogP contribution >= 0.6 is 0 Å². The summed E-state index contributed by atoms with van der Waals surface area (Å²) in [6.07, 6.45) is 0.948. The number of hydrogen-bond acceptors (Lipinski definition) is 5. The minimum Gasteiger partial charge on any atom is -0.496 e. The van der Waals surface area contributed by atoms with Crippen molar-refractivity contribution in [3.05, 3.63) is 23.3 Å². The van der Waals surface area contributed by atoms with Gasteiger partial charge < -0.3 is 19.3 Å². The van der Waals surface area contributed by atoms with E-state index in [-0.39, 0.29) is 12.0 Å². The fourth-order valence-electron chi connectivity index (χ4n) is 4.14. The minimum atomic E-state index is 0.00694. The number of likely N-dealkylation sites (tertiary alicyclic amines) is 1. The van der Waals surface area contributed by atoms with Crippen molar-refractivity contribution in [2.24, 2.45) is 11.3 Å². The summed E-state index contributed by atoms with van der Waals surface area (Å²) < 4.78 is 16.6. The molecule has 0 spiro atoms. The zero-order valence-corrected chi connectivity index (χ0v) is 14.3. The summed E-state index contributed by atoms with van der Waals surface area (Å²) >= 11 is 0. The van der Waals surface area contributed by atoms with Gasteiger partial charge in [0, 0.05) is 48.7 Å². The van der Waals surface area contributed by atoms with Gasteiger partial charge in [-0.15, -0.1) is 0 Å². The van der Waals surface area contributed by atoms with Crippen LogP contribution in [-0.2, 0) is 11.3 Å². The summed E-state index contributed by atoms with van der Waals surface area (Å²) in [5, 5.41) is 9.93. The van der Waals surface area contributed by atoms with E-state index >= 15 is 0 Å². The molecular weight excluding hydrogens is 294 g/mol. The predicted molar refractivity (Wildman–Crippen MR) is 88.0 cm³/mol. The van der Waals surface area contributed by atoms with Crippen LogP contribution in [0.2, 0.25) is 0 Å². The highest BCUT2D eigenvalue weighted by atomic mass is 16.5.